The van der Waals surface area contributed by atoms with Crippen molar-refractivity contribution in [1.29, 1.82) is 0 Å². The van der Waals surface area contributed by atoms with Crippen molar-refractivity contribution >= 4 is 5.97 Å². The van der Waals surface area contributed by atoms with Crippen LogP contribution in [0, 0.1) is 5.92 Å². The third-order valence-corrected chi connectivity index (χ3v) is 3.00. The van der Waals surface area contributed by atoms with E-state index < -0.39 is 5.97 Å². The Morgan fingerprint density at radius 3 is 2.62 bits per heavy atom. The molecule has 1 aromatic rings. The summed E-state index contributed by atoms with van der Waals surface area (Å²) in [5.74, 6) is -0.618. The normalized spacial score (nSPS) is 17.0. The summed E-state index contributed by atoms with van der Waals surface area (Å²) >= 11 is 0. The van der Waals surface area contributed by atoms with Crippen LogP contribution in [0.25, 0.3) is 0 Å². The molecule has 1 aromatic carbocycles. The fourth-order valence-electron chi connectivity index (χ4n) is 2.06. The average molecular weight is 222 g/mol. The molecule has 1 aliphatic carbocycles. The van der Waals surface area contributed by atoms with Crippen molar-refractivity contribution in [2.75, 3.05) is 0 Å². The van der Waals surface area contributed by atoms with E-state index in [4.69, 9.17) is 5.11 Å². The fraction of sp³-hybridized carbons (Fsp3) is 0.417. The van der Waals surface area contributed by atoms with Crippen molar-refractivity contribution in [3.05, 3.63) is 23.8 Å². The summed E-state index contributed by atoms with van der Waals surface area (Å²) in [4.78, 5) is 10.8. The number of phenols is 2. The van der Waals surface area contributed by atoms with Gasteiger partial charge in [-0.15, -0.1) is 0 Å². The van der Waals surface area contributed by atoms with Gasteiger partial charge in [0, 0.05) is 11.5 Å². The Hall–Kier alpha value is -1.71. The molecule has 1 aliphatic rings. The molecule has 4 nitrogen and oxygen atoms in total. The summed E-state index contributed by atoms with van der Waals surface area (Å²) in [7, 11) is 0. The highest BCUT2D eigenvalue weighted by Crippen LogP contribution is 2.47. The molecule has 0 amide bonds. The van der Waals surface area contributed by atoms with E-state index in [1.54, 1.807) is 0 Å². The zero-order chi connectivity index (χ0) is 11.7. The van der Waals surface area contributed by atoms with Crippen LogP contribution in [0.3, 0.4) is 0 Å². The van der Waals surface area contributed by atoms with Crippen LogP contribution in [-0.4, -0.2) is 21.3 Å². The van der Waals surface area contributed by atoms with Gasteiger partial charge in [0.15, 0.2) is 0 Å². The lowest BCUT2D eigenvalue weighted by Crippen LogP contribution is -2.08. The molecule has 0 aliphatic heterocycles. The van der Waals surface area contributed by atoms with Crippen LogP contribution in [0.5, 0.6) is 11.5 Å². The number of benzene rings is 1. The second kappa shape index (κ2) is 4.04. The predicted octanol–water partition coefficient (Wildman–Crippen LogP) is 2.07. The summed E-state index contributed by atoms with van der Waals surface area (Å²) in [6.45, 7) is 0. The number of carbonyl (C=O) groups is 1. The molecule has 0 heterocycles. The predicted molar refractivity (Wildman–Crippen MR) is 57.5 cm³/mol. The highest BCUT2D eigenvalue weighted by molar-refractivity contribution is 5.68. The van der Waals surface area contributed by atoms with Crippen LogP contribution in [-0.2, 0) is 4.79 Å². The van der Waals surface area contributed by atoms with Gasteiger partial charge < -0.3 is 15.3 Å². The number of hydrogen-bond acceptors (Lipinski definition) is 3. The summed E-state index contributed by atoms with van der Waals surface area (Å²) in [5, 5.41) is 27.9. The van der Waals surface area contributed by atoms with Gasteiger partial charge in [-0.05, 0) is 37.0 Å². The second-order valence-electron chi connectivity index (χ2n) is 4.28. The maximum absolute atomic E-state index is 10.8. The Morgan fingerprint density at radius 1 is 1.38 bits per heavy atom. The highest BCUT2D eigenvalue weighted by Gasteiger charge is 2.35. The van der Waals surface area contributed by atoms with Gasteiger partial charge in [-0.1, -0.05) is 0 Å². The molecule has 2 rings (SSSR count). The molecule has 1 saturated carbocycles. The number of phenolic OH excluding ortho intramolecular Hbond substituents is 2. The lowest BCUT2D eigenvalue weighted by molar-refractivity contribution is -0.137. The van der Waals surface area contributed by atoms with Gasteiger partial charge in [0.25, 0.3) is 0 Å². The number of rotatable bonds is 4. The fourth-order valence-corrected chi connectivity index (χ4v) is 2.06. The molecule has 86 valence electrons. The van der Waals surface area contributed by atoms with Gasteiger partial charge >= 0.3 is 5.97 Å². The zero-order valence-corrected chi connectivity index (χ0v) is 8.76. The third kappa shape index (κ3) is 2.27. The Morgan fingerprint density at radius 2 is 2.06 bits per heavy atom. The molecule has 0 bridgehead atoms. The first-order valence-corrected chi connectivity index (χ1v) is 5.31. The minimum Gasteiger partial charge on any atom is -0.508 e. The number of hydrogen-bond donors (Lipinski definition) is 3. The van der Waals surface area contributed by atoms with Crippen molar-refractivity contribution in [3.63, 3.8) is 0 Å². The maximum Gasteiger partial charge on any atom is 0.303 e. The van der Waals surface area contributed by atoms with Crippen molar-refractivity contribution in [2.24, 2.45) is 5.92 Å². The van der Waals surface area contributed by atoms with E-state index in [9.17, 15) is 15.0 Å². The topological polar surface area (TPSA) is 77.8 Å². The minimum atomic E-state index is -0.875. The number of aromatic hydroxyl groups is 2. The Kier molecular flexibility index (Phi) is 2.73. The quantitative estimate of drug-likeness (QED) is 0.681. The molecular formula is C12H14O4. The lowest BCUT2D eigenvalue weighted by atomic mass is 9.90. The van der Waals surface area contributed by atoms with Gasteiger partial charge in [-0.2, -0.15) is 0 Å². The van der Waals surface area contributed by atoms with Crippen LogP contribution < -0.4 is 0 Å². The monoisotopic (exact) mass is 222 g/mol. The van der Waals surface area contributed by atoms with Crippen LogP contribution in [0.4, 0.5) is 0 Å². The molecule has 16 heavy (non-hydrogen) atoms. The Labute approximate surface area is 93.2 Å². The first-order chi connectivity index (χ1) is 7.58. The molecule has 1 fully saturated rings. The van der Waals surface area contributed by atoms with E-state index in [1.807, 2.05) is 0 Å². The molecule has 1 unspecified atom stereocenters. The van der Waals surface area contributed by atoms with Gasteiger partial charge in [0.2, 0.25) is 0 Å². The Balaban J connectivity index is 2.30. The highest BCUT2D eigenvalue weighted by atomic mass is 16.4. The lowest BCUT2D eigenvalue weighted by Gasteiger charge is -2.16. The molecule has 0 radical (unpaired) electrons. The molecule has 1 atom stereocenters. The van der Waals surface area contributed by atoms with Gasteiger partial charge in [0.05, 0.1) is 6.42 Å². The van der Waals surface area contributed by atoms with E-state index >= 15 is 0 Å². The summed E-state index contributed by atoms with van der Waals surface area (Å²) in [5.41, 5.74) is 0.546. The first kappa shape index (κ1) is 10.8. The van der Waals surface area contributed by atoms with Gasteiger partial charge in [0.1, 0.15) is 11.5 Å². The maximum atomic E-state index is 10.8. The average Bonchev–Trinajstić information content (AvgIpc) is 3.02. The molecule has 0 spiro atoms. The smallest absolute Gasteiger partial charge is 0.303 e. The van der Waals surface area contributed by atoms with Crippen molar-refractivity contribution in [3.8, 4) is 11.5 Å². The molecular weight excluding hydrogens is 208 g/mol. The largest absolute Gasteiger partial charge is 0.508 e. The van der Waals surface area contributed by atoms with E-state index in [2.05, 4.69) is 0 Å². The molecule has 4 heteroatoms. The van der Waals surface area contributed by atoms with E-state index in [-0.39, 0.29) is 23.8 Å². The first-order valence-electron chi connectivity index (χ1n) is 5.31. The van der Waals surface area contributed by atoms with Crippen LogP contribution >= 0.6 is 0 Å². The number of carboxylic acid groups (broad SMARTS) is 1. The van der Waals surface area contributed by atoms with Crippen LogP contribution in [0.1, 0.15) is 30.7 Å². The van der Waals surface area contributed by atoms with Crippen LogP contribution in [0.15, 0.2) is 18.2 Å². The molecule has 0 aromatic heterocycles. The standard InChI is InChI=1S/C12H14O4/c13-8-3-4-11(14)10(5-8)9(6-12(15)16)7-1-2-7/h3-5,7,9,13-14H,1-2,6H2,(H,15,16). The van der Waals surface area contributed by atoms with Crippen molar-refractivity contribution in [2.45, 2.75) is 25.2 Å². The van der Waals surface area contributed by atoms with Crippen LogP contribution in [0.2, 0.25) is 0 Å². The third-order valence-electron chi connectivity index (χ3n) is 3.00. The molecule has 3 N–H and O–H groups in total. The minimum absolute atomic E-state index is 0.00167. The molecule has 0 saturated heterocycles. The van der Waals surface area contributed by atoms with Gasteiger partial charge in [-0.25, -0.2) is 0 Å². The van der Waals surface area contributed by atoms with E-state index in [0.29, 0.717) is 11.5 Å². The second-order valence-corrected chi connectivity index (χ2v) is 4.28. The summed E-state index contributed by atoms with van der Waals surface area (Å²) < 4.78 is 0. The number of carboxylic acids is 1. The number of aliphatic carboxylic acids is 1. The summed E-state index contributed by atoms with van der Waals surface area (Å²) in [6.07, 6.45) is 1.99. The van der Waals surface area contributed by atoms with E-state index in [1.165, 1.54) is 18.2 Å². The van der Waals surface area contributed by atoms with Crippen molar-refractivity contribution < 1.29 is 20.1 Å². The summed E-state index contributed by atoms with van der Waals surface area (Å²) in [6, 6.07) is 4.26. The van der Waals surface area contributed by atoms with Gasteiger partial charge in [-0.3, -0.25) is 4.79 Å². The Bertz CT molecular complexity index is 409. The van der Waals surface area contributed by atoms with Crippen molar-refractivity contribution in [1.82, 2.24) is 0 Å². The SMILES string of the molecule is O=C(O)CC(c1cc(O)ccc1O)C1CC1. The zero-order valence-electron chi connectivity index (χ0n) is 8.76. The van der Waals surface area contributed by atoms with E-state index in [0.717, 1.165) is 12.8 Å².